The molecule has 0 aliphatic carbocycles. The minimum Gasteiger partial charge on any atom is -0.492 e. The molecule has 0 fully saturated rings. The Morgan fingerprint density at radius 2 is 1.71 bits per heavy atom. The van der Waals surface area contributed by atoms with E-state index in [-0.39, 0.29) is 18.5 Å². The van der Waals surface area contributed by atoms with Gasteiger partial charge in [-0.15, -0.1) is 0 Å². The van der Waals surface area contributed by atoms with Crippen molar-refractivity contribution < 1.29 is 19.4 Å². The third kappa shape index (κ3) is 6.20. The molecule has 24 heavy (non-hydrogen) atoms. The minimum atomic E-state index is -1.02. The molecule has 0 unspecified atom stereocenters. The number of carboxylic acids is 1. The molecular weight excluding hydrogens is 308 g/mol. The van der Waals surface area contributed by atoms with E-state index < -0.39 is 5.97 Å². The van der Waals surface area contributed by atoms with E-state index in [0.717, 1.165) is 19.6 Å². The Labute approximate surface area is 144 Å². The van der Waals surface area contributed by atoms with Crippen molar-refractivity contribution in [2.75, 3.05) is 32.8 Å². The van der Waals surface area contributed by atoms with E-state index in [1.165, 1.54) is 4.90 Å². The lowest BCUT2D eigenvalue weighted by molar-refractivity contribution is -0.138. The summed E-state index contributed by atoms with van der Waals surface area (Å²) in [4.78, 5) is 26.9. The lowest BCUT2D eigenvalue weighted by atomic mass is 10.1. The molecule has 0 saturated heterocycles. The number of likely N-dealkylation sites (N-methyl/N-ethyl adjacent to an activating group) is 1. The molecule has 134 valence electrons. The summed E-state index contributed by atoms with van der Waals surface area (Å²) < 4.78 is 5.69. The summed E-state index contributed by atoms with van der Waals surface area (Å²) in [5, 5.41) is 8.94. The smallest absolute Gasteiger partial charge is 0.323 e. The average Bonchev–Trinajstić information content (AvgIpc) is 2.56. The second kappa shape index (κ2) is 9.93. The van der Waals surface area contributed by atoms with Crippen LogP contribution >= 0.6 is 0 Å². The van der Waals surface area contributed by atoms with Crippen molar-refractivity contribution in [3.8, 4) is 5.75 Å². The standard InChI is InChI=1S/C18H28N2O4/c1-5-19(6-2)11-12-24-16-9-7-15(8-10-16)18(23)20(14(3)4)13-17(21)22/h7-10,14H,5-6,11-13H2,1-4H3,(H,21,22). The Morgan fingerprint density at radius 3 is 2.17 bits per heavy atom. The maximum Gasteiger partial charge on any atom is 0.323 e. The summed E-state index contributed by atoms with van der Waals surface area (Å²) in [6.07, 6.45) is 0. The third-order valence-corrected chi connectivity index (χ3v) is 3.86. The van der Waals surface area contributed by atoms with E-state index in [1.807, 2.05) is 0 Å². The van der Waals surface area contributed by atoms with Crippen LogP contribution in [-0.4, -0.2) is 65.6 Å². The molecule has 0 radical (unpaired) electrons. The van der Waals surface area contributed by atoms with E-state index in [1.54, 1.807) is 38.1 Å². The van der Waals surface area contributed by atoms with Gasteiger partial charge in [-0.05, 0) is 51.2 Å². The van der Waals surface area contributed by atoms with Gasteiger partial charge in [-0.3, -0.25) is 9.59 Å². The van der Waals surface area contributed by atoms with Crippen LogP contribution in [0.15, 0.2) is 24.3 Å². The molecule has 6 nitrogen and oxygen atoms in total. The maximum absolute atomic E-state index is 12.4. The fourth-order valence-electron chi connectivity index (χ4n) is 2.33. The zero-order valence-corrected chi connectivity index (χ0v) is 15.0. The van der Waals surface area contributed by atoms with Gasteiger partial charge < -0.3 is 19.6 Å². The van der Waals surface area contributed by atoms with Gasteiger partial charge in [0.05, 0.1) is 0 Å². The van der Waals surface area contributed by atoms with Crippen LogP contribution in [0.2, 0.25) is 0 Å². The van der Waals surface area contributed by atoms with Gasteiger partial charge in [0.25, 0.3) is 5.91 Å². The number of carbonyl (C=O) groups excluding carboxylic acids is 1. The second-order valence-corrected chi connectivity index (χ2v) is 5.82. The number of amides is 1. The van der Waals surface area contributed by atoms with Crippen molar-refractivity contribution in [2.45, 2.75) is 33.7 Å². The molecule has 1 aromatic carbocycles. The molecular formula is C18H28N2O4. The number of hydrogen-bond donors (Lipinski definition) is 1. The molecule has 1 amide bonds. The highest BCUT2D eigenvalue weighted by Gasteiger charge is 2.21. The van der Waals surface area contributed by atoms with Crippen molar-refractivity contribution in [1.29, 1.82) is 0 Å². The number of rotatable bonds is 10. The number of hydrogen-bond acceptors (Lipinski definition) is 4. The summed E-state index contributed by atoms with van der Waals surface area (Å²) in [6.45, 7) is 10.9. The Kier molecular flexibility index (Phi) is 8.26. The molecule has 6 heteroatoms. The molecule has 0 aromatic heterocycles. The van der Waals surface area contributed by atoms with Gasteiger partial charge in [-0.2, -0.15) is 0 Å². The van der Waals surface area contributed by atoms with Gasteiger partial charge in [0.1, 0.15) is 18.9 Å². The fraction of sp³-hybridized carbons (Fsp3) is 0.556. The predicted molar refractivity (Wildman–Crippen MR) is 93.5 cm³/mol. The number of nitrogens with zero attached hydrogens (tertiary/aromatic N) is 2. The summed E-state index contributed by atoms with van der Waals surface area (Å²) in [7, 11) is 0. The molecule has 1 aromatic rings. The van der Waals surface area contributed by atoms with Crippen molar-refractivity contribution in [3.63, 3.8) is 0 Å². The van der Waals surface area contributed by atoms with Crippen LogP contribution in [-0.2, 0) is 4.79 Å². The number of carboxylic acid groups (broad SMARTS) is 1. The Morgan fingerprint density at radius 1 is 1.12 bits per heavy atom. The van der Waals surface area contributed by atoms with Crippen molar-refractivity contribution in [3.05, 3.63) is 29.8 Å². The number of carbonyl (C=O) groups is 2. The molecule has 0 heterocycles. The van der Waals surface area contributed by atoms with Crippen LogP contribution < -0.4 is 4.74 Å². The highest BCUT2D eigenvalue weighted by atomic mass is 16.5. The number of ether oxygens (including phenoxy) is 1. The molecule has 0 spiro atoms. The average molecular weight is 336 g/mol. The Bertz CT molecular complexity index is 524. The lowest BCUT2D eigenvalue weighted by Gasteiger charge is -2.25. The summed E-state index contributed by atoms with van der Waals surface area (Å²) >= 11 is 0. The molecule has 0 aliphatic heterocycles. The van der Waals surface area contributed by atoms with Gasteiger partial charge in [0.2, 0.25) is 0 Å². The van der Waals surface area contributed by atoms with Gasteiger partial charge in [0.15, 0.2) is 0 Å². The highest BCUT2D eigenvalue weighted by molar-refractivity contribution is 5.96. The normalized spacial score (nSPS) is 10.9. The Hall–Kier alpha value is -2.08. The van der Waals surface area contributed by atoms with Crippen LogP contribution in [0.5, 0.6) is 5.75 Å². The Balaban J connectivity index is 2.65. The largest absolute Gasteiger partial charge is 0.492 e. The molecule has 0 saturated carbocycles. The van der Waals surface area contributed by atoms with Crippen LogP contribution in [0.4, 0.5) is 0 Å². The summed E-state index contributed by atoms with van der Waals surface area (Å²) in [5.41, 5.74) is 0.459. The van der Waals surface area contributed by atoms with Crippen molar-refractivity contribution >= 4 is 11.9 Å². The topological polar surface area (TPSA) is 70.1 Å². The zero-order valence-electron chi connectivity index (χ0n) is 15.0. The maximum atomic E-state index is 12.4. The van der Waals surface area contributed by atoms with E-state index in [0.29, 0.717) is 17.9 Å². The summed E-state index contributed by atoms with van der Waals surface area (Å²) in [6, 6.07) is 6.65. The van der Waals surface area contributed by atoms with E-state index in [4.69, 9.17) is 9.84 Å². The van der Waals surface area contributed by atoms with Gasteiger partial charge in [0, 0.05) is 18.2 Å². The predicted octanol–water partition coefficient (Wildman–Crippen LogP) is 2.34. The fourth-order valence-corrected chi connectivity index (χ4v) is 2.33. The van der Waals surface area contributed by atoms with Crippen molar-refractivity contribution in [1.82, 2.24) is 9.80 Å². The number of benzene rings is 1. The molecule has 0 aliphatic rings. The van der Waals surface area contributed by atoms with Crippen LogP contribution in [0, 0.1) is 0 Å². The minimum absolute atomic E-state index is 0.182. The van der Waals surface area contributed by atoms with Crippen LogP contribution in [0.3, 0.4) is 0 Å². The zero-order chi connectivity index (χ0) is 18.1. The lowest BCUT2D eigenvalue weighted by Crippen LogP contribution is -2.40. The second-order valence-electron chi connectivity index (χ2n) is 5.82. The third-order valence-electron chi connectivity index (χ3n) is 3.86. The first-order chi connectivity index (χ1) is 11.4. The highest BCUT2D eigenvalue weighted by Crippen LogP contribution is 2.15. The SMILES string of the molecule is CCN(CC)CCOc1ccc(C(=O)N(CC(=O)O)C(C)C)cc1. The first-order valence-corrected chi connectivity index (χ1v) is 8.37. The first-order valence-electron chi connectivity index (χ1n) is 8.37. The van der Waals surface area contributed by atoms with E-state index >= 15 is 0 Å². The van der Waals surface area contributed by atoms with Crippen molar-refractivity contribution in [2.24, 2.45) is 0 Å². The monoisotopic (exact) mass is 336 g/mol. The van der Waals surface area contributed by atoms with Crippen LogP contribution in [0.1, 0.15) is 38.1 Å². The first kappa shape index (κ1) is 20.0. The summed E-state index contributed by atoms with van der Waals surface area (Å²) in [5.74, 6) is -0.608. The van der Waals surface area contributed by atoms with Gasteiger partial charge in [-0.1, -0.05) is 13.8 Å². The molecule has 0 bridgehead atoms. The molecule has 1 N–H and O–H groups in total. The van der Waals surface area contributed by atoms with E-state index in [2.05, 4.69) is 18.7 Å². The quantitative estimate of drug-likeness (QED) is 0.710. The molecule has 1 rings (SSSR count). The van der Waals surface area contributed by atoms with Crippen LogP contribution in [0.25, 0.3) is 0 Å². The van der Waals surface area contributed by atoms with E-state index in [9.17, 15) is 9.59 Å². The molecule has 0 atom stereocenters. The van der Waals surface area contributed by atoms with Gasteiger partial charge in [-0.25, -0.2) is 0 Å². The number of aliphatic carboxylic acids is 1. The van der Waals surface area contributed by atoms with Gasteiger partial charge >= 0.3 is 5.97 Å².